The van der Waals surface area contributed by atoms with Crippen molar-refractivity contribution in [3.05, 3.63) is 0 Å². The van der Waals surface area contributed by atoms with E-state index >= 15 is 0 Å². The molecular weight excluding hydrogens is 412 g/mol. The van der Waals surface area contributed by atoms with E-state index < -0.39 is 18.2 Å². The molecule has 0 unspecified atom stereocenters. The van der Waals surface area contributed by atoms with Crippen LogP contribution in [0, 0.1) is 11.3 Å². The van der Waals surface area contributed by atoms with E-state index in [0.717, 1.165) is 0 Å². The number of unbranched alkanes of at least 4 members (excludes halogenated alkanes) is 9. The molecule has 0 saturated carbocycles. The van der Waals surface area contributed by atoms with E-state index in [1.54, 1.807) is 6.07 Å². The predicted octanol–water partition coefficient (Wildman–Crippen LogP) is 2.62. The molecule has 0 fully saturated rings. The molecule has 0 aliphatic rings. The van der Waals surface area contributed by atoms with Crippen molar-refractivity contribution in [3.8, 4) is 6.07 Å². The van der Waals surface area contributed by atoms with Crippen molar-refractivity contribution in [1.82, 2.24) is 0 Å². The number of rotatable bonds is 10. The van der Waals surface area contributed by atoms with Gasteiger partial charge >= 0.3 is 121 Å². The van der Waals surface area contributed by atoms with Crippen LogP contribution in [0.25, 0.3) is 0 Å². The number of nitriles is 1. The molecule has 0 spiro atoms. The first-order chi connectivity index (χ1) is 11.8. The Bertz CT molecular complexity index is 426. The summed E-state index contributed by atoms with van der Waals surface area (Å²) in [4.78, 5) is 21.6. The van der Waals surface area contributed by atoms with Crippen LogP contribution in [0.4, 0.5) is 0 Å². The largest absolute Gasteiger partial charge is 0.466 e. The van der Waals surface area contributed by atoms with Crippen molar-refractivity contribution in [3.63, 3.8) is 0 Å². The fraction of sp³-hybridized carbons (Fsp3) is 0.929. The van der Waals surface area contributed by atoms with Crippen molar-refractivity contribution in [2.45, 2.75) is 81.7 Å². The van der Waals surface area contributed by atoms with Gasteiger partial charge in [-0.25, -0.2) is 4.57 Å². The van der Waals surface area contributed by atoms with E-state index in [4.69, 9.17) is 42.0 Å². The average Bonchev–Trinajstić information content (AvgIpc) is 2.43. The minimum atomic E-state index is -4.67. The maximum Gasteiger partial charge on any atom is 0.466 e. The minimum absolute atomic E-state index is 0. The van der Waals surface area contributed by atoms with Gasteiger partial charge in [0.1, 0.15) is 0 Å². The van der Waals surface area contributed by atoms with Crippen LogP contribution in [0.3, 0.4) is 0 Å². The fourth-order valence-corrected chi connectivity index (χ4v) is 2.24. The molecule has 0 aromatic heterocycles. The van der Waals surface area contributed by atoms with Crippen LogP contribution < -0.4 is 0 Å². The van der Waals surface area contributed by atoms with Gasteiger partial charge in [-0.05, 0) is 0 Å². The zero-order valence-corrected chi connectivity index (χ0v) is 20.3. The van der Waals surface area contributed by atoms with Crippen LogP contribution in [-0.4, -0.2) is 65.6 Å². The van der Waals surface area contributed by atoms with E-state index in [-0.39, 0.29) is 5.48 Å². The molecule has 162 valence electrons. The first kappa shape index (κ1) is 38.1. The molecule has 0 aliphatic heterocycles. The quantitative estimate of drug-likeness (QED) is 0.144. The minimum Gasteiger partial charge on any atom is -0.412 e. The second-order valence-corrected chi connectivity index (χ2v) is 8.29. The molecule has 0 atom stereocenters. The third-order valence-corrected chi connectivity index (χ3v) is 3.41. The fourth-order valence-electron chi connectivity index (χ4n) is 1.74. The van der Waals surface area contributed by atoms with Crippen LogP contribution in [-0.2, 0) is 15.0 Å². The maximum atomic E-state index is 8.88. The smallest absolute Gasteiger partial charge is 0.412 e. The van der Waals surface area contributed by atoms with E-state index in [9.17, 15) is 0 Å². The van der Waals surface area contributed by atoms with E-state index in [0.29, 0.717) is 0 Å². The molecule has 0 bridgehead atoms. The van der Waals surface area contributed by atoms with Gasteiger partial charge in [-0.2, -0.15) is 13.7 Å². The molecule has 10 nitrogen and oxygen atoms in total. The summed E-state index contributed by atoms with van der Waals surface area (Å²) in [5, 5.41) is 7.32. The molecule has 0 aromatic carbocycles. The van der Waals surface area contributed by atoms with Crippen molar-refractivity contribution in [2.75, 3.05) is 0 Å². The number of hydrogen-bond acceptors (Lipinski definition) is 4. The Hall–Kier alpha value is 0.430. The van der Waals surface area contributed by atoms with E-state index in [2.05, 4.69) is 6.92 Å². The Kier molecular flexibility index (Phi) is 40.4. The summed E-state index contributed by atoms with van der Waals surface area (Å²) in [6.45, 7) is 3.72. The second kappa shape index (κ2) is 28.6. The SMILES string of the molecule is CC#N.CCCCCCCCCCC[CH2][Na].O.O=P(O)(O)O.O=S(=O)(O)O. The third kappa shape index (κ3) is 145. The van der Waals surface area contributed by atoms with Gasteiger partial charge in [0.15, 0.2) is 0 Å². The zero-order chi connectivity index (χ0) is 21.5. The molecule has 0 saturated heterocycles. The first-order valence-corrected chi connectivity index (χ1v) is 13.0. The predicted molar refractivity (Wildman–Crippen MR) is 106 cm³/mol. The summed E-state index contributed by atoms with van der Waals surface area (Å²) in [5.41, 5.74) is 0. The number of hydrogen-bond donors (Lipinski definition) is 5. The van der Waals surface area contributed by atoms with E-state index in [1.165, 1.54) is 103 Å². The summed E-state index contributed by atoms with van der Waals surface area (Å²) < 4.78 is 42.0. The molecular formula is C14H35NNaO9PS. The molecule has 0 aromatic rings. The van der Waals surface area contributed by atoms with Gasteiger partial charge in [-0.15, -0.1) is 0 Å². The first-order valence-electron chi connectivity index (χ1n) is 8.62. The van der Waals surface area contributed by atoms with E-state index in [1.807, 2.05) is 0 Å². The van der Waals surface area contributed by atoms with Crippen molar-refractivity contribution in [1.29, 1.82) is 5.26 Å². The summed E-state index contributed by atoms with van der Waals surface area (Å²) in [5.74, 6) is 0. The molecule has 0 rings (SSSR count). The molecule has 0 amide bonds. The Morgan fingerprint density at radius 2 is 1.07 bits per heavy atom. The summed E-state index contributed by atoms with van der Waals surface area (Å²) >= 11 is 1.41. The molecule has 0 aliphatic carbocycles. The molecule has 7 N–H and O–H groups in total. The van der Waals surface area contributed by atoms with Gasteiger partial charge in [-0.3, -0.25) is 9.11 Å². The maximum absolute atomic E-state index is 8.88. The van der Waals surface area contributed by atoms with Crippen LogP contribution in [0.2, 0.25) is 3.67 Å². The Labute approximate surface area is 180 Å². The molecule has 27 heavy (non-hydrogen) atoms. The van der Waals surface area contributed by atoms with Gasteiger partial charge in [0, 0.05) is 6.92 Å². The topological polar surface area (TPSA) is 208 Å². The monoisotopic (exact) mass is 447 g/mol. The van der Waals surface area contributed by atoms with Crippen molar-refractivity contribution < 1.29 is 42.2 Å². The van der Waals surface area contributed by atoms with Gasteiger partial charge in [-0.1, -0.05) is 0 Å². The second-order valence-electron chi connectivity index (χ2n) is 5.37. The molecule has 0 radical (unpaired) electrons. The van der Waals surface area contributed by atoms with Gasteiger partial charge in [0.2, 0.25) is 0 Å². The Morgan fingerprint density at radius 3 is 1.26 bits per heavy atom. The number of nitrogens with zero attached hydrogens (tertiary/aromatic N) is 1. The van der Waals surface area contributed by atoms with Gasteiger partial charge in [0.25, 0.3) is 0 Å². The van der Waals surface area contributed by atoms with Crippen LogP contribution >= 0.6 is 7.82 Å². The summed E-state index contributed by atoms with van der Waals surface area (Å²) in [7, 11) is -9.31. The number of phosphoric acid groups is 1. The molecule has 13 heteroatoms. The summed E-state index contributed by atoms with van der Waals surface area (Å²) in [6, 6.07) is 1.75. The third-order valence-electron chi connectivity index (χ3n) is 2.71. The van der Waals surface area contributed by atoms with Crippen molar-refractivity contribution in [2.24, 2.45) is 0 Å². The van der Waals surface area contributed by atoms with Gasteiger partial charge < -0.3 is 20.2 Å². The normalized spacial score (nSPS) is 9.78. The van der Waals surface area contributed by atoms with Crippen LogP contribution in [0.15, 0.2) is 0 Å². The standard InChI is InChI=1S/C12H25.C2H3N.Na.H3O4P.H2O4S.H2O/c1-3-5-7-9-11-12-10-8-6-4-2;1-2-3;;2*1-5(2,3)4;/h1,3-12H2,2H3;1H3;;(H3,1,2,3,4);(H2,1,2,3,4);1H2. The Morgan fingerprint density at radius 1 is 0.889 bits per heavy atom. The van der Waals surface area contributed by atoms with Crippen LogP contribution in [0.1, 0.15) is 78.1 Å². The zero-order valence-electron chi connectivity index (χ0n) is 16.5. The molecule has 0 heterocycles. The Balaban J connectivity index is -0.0000000956. The van der Waals surface area contributed by atoms with Gasteiger partial charge in [0.05, 0.1) is 6.07 Å². The van der Waals surface area contributed by atoms with Crippen LogP contribution in [0.5, 0.6) is 0 Å². The average molecular weight is 447 g/mol. The van der Waals surface area contributed by atoms with Crippen molar-refractivity contribution >= 4 is 46.2 Å². The summed E-state index contributed by atoms with van der Waals surface area (Å²) in [6.07, 6.45) is 14.7.